The van der Waals surface area contributed by atoms with Crippen molar-refractivity contribution in [3.05, 3.63) is 77.7 Å². The molecule has 3 heterocycles. The van der Waals surface area contributed by atoms with Gasteiger partial charge < -0.3 is 9.88 Å². The molecule has 0 spiro atoms. The number of rotatable bonds is 4. The number of hydrogen-bond acceptors (Lipinski definition) is 3. The number of nitrogens with zero attached hydrogens (tertiary/aromatic N) is 3. The number of carbonyl (C=O) groups is 1. The fourth-order valence-electron chi connectivity index (χ4n) is 3.59. The molecule has 0 aliphatic heterocycles. The second-order valence-corrected chi connectivity index (χ2v) is 7.72. The van der Waals surface area contributed by atoms with E-state index in [-0.39, 0.29) is 18.3 Å². The van der Waals surface area contributed by atoms with Crippen LogP contribution >= 0.6 is 11.3 Å². The minimum absolute atomic E-state index is 0.147. The van der Waals surface area contributed by atoms with Gasteiger partial charge in [-0.15, -0.1) is 11.3 Å². The van der Waals surface area contributed by atoms with E-state index in [9.17, 15) is 9.18 Å². The summed E-state index contributed by atoms with van der Waals surface area (Å²) >= 11 is 1.48. The Morgan fingerprint density at radius 3 is 2.79 bits per heavy atom. The lowest BCUT2D eigenvalue weighted by Gasteiger charge is -2.10. The molecule has 0 aliphatic carbocycles. The minimum Gasteiger partial charge on any atom is -0.335 e. The normalized spacial score (nSPS) is 11.4. The monoisotopic (exact) mass is 404 g/mol. The van der Waals surface area contributed by atoms with Crippen molar-refractivity contribution in [3.63, 3.8) is 0 Å². The van der Waals surface area contributed by atoms with Crippen LogP contribution in [0.1, 0.15) is 5.69 Å². The molecule has 0 saturated heterocycles. The van der Waals surface area contributed by atoms with Crippen LogP contribution in [0.5, 0.6) is 0 Å². The fraction of sp³-hybridized carbons (Fsp3) is 0.0909. The Hall–Kier alpha value is -3.45. The van der Waals surface area contributed by atoms with Crippen LogP contribution in [0.25, 0.3) is 27.1 Å². The summed E-state index contributed by atoms with van der Waals surface area (Å²) in [5.74, 6) is 0.133. The van der Waals surface area contributed by atoms with Crippen LogP contribution in [-0.4, -0.2) is 19.9 Å². The van der Waals surface area contributed by atoms with Gasteiger partial charge in [0.2, 0.25) is 5.91 Å². The van der Waals surface area contributed by atoms with Crippen molar-refractivity contribution >= 4 is 38.9 Å². The summed E-state index contributed by atoms with van der Waals surface area (Å²) < 4.78 is 17.2. The largest absolute Gasteiger partial charge is 0.335 e. The first-order chi connectivity index (χ1) is 14.1. The standard InChI is InChI=1S/C22H17FN4OS/c1-14-12-16-4-2-3-5-18(16)27(14)13-19(28)24-21-20(15-6-8-17(23)9-7-15)25-22-26(21)10-11-29-22/h2-12H,13H2,1H3,(H,24,28). The molecule has 0 aliphatic rings. The summed E-state index contributed by atoms with van der Waals surface area (Å²) in [6.07, 6.45) is 1.87. The minimum atomic E-state index is -0.310. The highest BCUT2D eigenvalue weighted by Gasteiger charge is 2.18. The van der Waals surface area contributed by atoms with E-state index in [1.54, 1.807) is 12.1 Å². The molecular weight excluding hydrogens is 387 g/mol. The maximum atomic E-state index is 13.3. The van der Waals surface area contributed by atoms with E-state index in [1.807, 2.05) is 51.7 Å². The molecule has 1 N–H and O–H groups in total. The fourth-order valence-corrected chi connectivity index (χ4v) is 4.30. The first kappa shape index (κ1) is 17.6. The average Bonchev–Trinajstić information content (AvgIpc) is 3.38. The Bertz CT molecular complexity index is 1350. The van der Waals surface area contributed by atoms with Crippen LogP contribution in [0, 0.1) is 12.7 Å². The predicted molar refractivity (Wildman–Crippen MR) is 114 cm³/mol. The third-order valence-corrected chi connectivity index (χ3v) is 5.71. The number of carbonyl (C=O) groups excluding carboxylic acids is 1. The predicted octanol–water partition coefficient (Wildman–Crippen LogP) is 5.10. The molecule has 0 bridgehead atoms. The smallest absolute Gasteiger partial charge is 0.245 e. The summed E-state index contributed by atoms with van der Waals surface area (Å²) in [6.45, 7) is 2.19. The quantitative estimate of drug-likeness (QED) is 0.453. The van der Waals surface area contributed by atoms with Gasteiger partial charge in [-0.2, -0.15) is 0 Å². The highest BCUT2D eigenvalue weighted by atomic mass is 32.1. The average molecular weight is 404 g/mol. The van der Waals surface area contributed by atoms with E-state index in [2.05, 4.69) is 16.4 Å². The van der Waals surface area contributed by atoms with Gasteiger partial charge in [-0.25, -0.2) is 9.37 Å². The number of amides is 1. The Morgan fingerprint density at radius 1 is 1.17 bits per heavy atom. The van der Waals surface area contributed by atoms with Gasteiger partial charge in [-0.1, -0.05) is 18.2 Å². The number of hydrogen-bond donors (Lipinski definition) is 1. The molecule has 0 saturated carbocycles. The highest BCUT2D eigenvalue weighted by molar-refractivity contribution is 7.15. The van der Waals surface area contributed by atoms with Crippen molar-refractivity contribution in [1.82, 2.24) is 14.0 Å². The van der Waals surface area contributed by atoms with Gasteiger partial charge in [-0.3, -0.25) is 9.20 Å². The lowest BCUT2D eigenvalue weighted by Crippen LogP contribution is -2.20. The second-order valence-electron chi connectivity index (χ2n) is 6.85. The maximum Gasteiger partial charge on any atom is 0.245 e. The van der Waals surface area contributed by atoms with Crippen molar-refractivity contribution in [2.75, 3.05) is 5.32 Å². The molecule has 5 nitrogen and oxygen atoms in total. The van der Waals surface area contributed by atoms with E-state index < -0.39 is 0 Å². The highest BCUT2D eigenvalue weighted by Crippen LogP contribution is 2.31. The van der Waals surface area contributed by atoms with Gasteiger partial charge in [0.15, 0.2) is 4.96 Å². The van der Waals surface area contributed by atoms with Crippen LogP contribution in [0.15, 0.2) is 66.2 Å². The summed E-state index contributed by atoms with van der Waals surface area (Å²) in [4.78, 5) is 18.3. The molecule has 7 heteroatoms. The lowest BCUT2D eigenvalue weighted by molar-refractivity contribution is -0.116. The van der Waals surface area contributed by atoms with Gasteiger partial charge in [0.1, 0.15) is 23.9 Å². The second kappa shape index (κ2) is 6.86. The third kappa shape index (κ3) is 3.09. The van der Waals surface area contributed by atoms with Crippen LogP contribution in [0.2, 0.25) is 0 Å². The van der Waals surface area contributed by atoms with E-state index >= 15 is 0 Å². The van der Waals surface area contributed by atoms with Crippen molar-refractivity contribution < 1.29 is 9.18 Å². The number of nitrogens with one attached hydrogen (secondary N) is 1. The van der Waals surface area contributed by atoms with E-state index in [4.69, 9.17) is 0 Å². The zero-order valence-corrected chi connectivity index (χ0v) is 16.4. The first-order valence-electron chi connectivity index (χ1n) is 9.16. The number of halogens is 1. The third-order valence-electron chi connectivity index (χ3n) is 4.96. The number of para-hydroxylation sites is 1. The molecule has 29 heavy (non-hydrogen) atoms. The molecule has 5 rings (SSSR count). The van der Waals surface area contributed by atoms with Crippen molar-refractivity contribution in [1.29, 1.82) is 0 Å². The Balaban J connectivity index is 1.50. The van der Waals surface area contributed by atoms with Crippen molar-refractivity contribution in [2.45, 2.75) is 13.5 Å². The van der Waals surface area contributed by atoms with Gasteiger partial charge in [0, 0.05) is 28.4 Å². The van der Waals surface area contributed by atoms with E-state index in [0.29, 0.717) is 11.5 Å². The van der Waals surface area contributed by atoms with E-state index in [0.717, 1.165) is 27.1 Å². The molecule has 0 fully saturated rings. The molecule has 144 valence electrons. The Labute approximate surface area is 170 Å². The summed E-state index contributed by atoms with van der Waals surface area (Å²) in [5.41, 5.74) is 3.42. The number of fused-ring (bicyclic) bond motifs is 2. The lowest BCUT2D eigenvalue weighted by atomic mass is 10.1. The number of thiazole rings is 1. The Morgan fingerprint density at radius 2 is 1.97 bits per heavy atom. The van der Waals surface area contributed by atoms with Crippen LogP contribution in [0.3, 0.4) is 0 Å². The molecule has 0 atom stereocenters. The molecular formula is C22H17FN4OS. The van der Waals surface area contributed by atoms with E-state index in [1.165, 1.54) is 23.5 Å². The molecule has 3 aromatic heterocycles. The number of aryl methyl sites for hydroxylation is 1. The zero-order chi connectivity index (χ0) is 20.0. The summed E-state index contributed by atoms with van der Waals surface area (Å²) in [6, 6.07) is 16.2. The Kier molecular flexibility index (Phi) is 4.17. The van der Waals surface area contributed by atoms with Gasteiger partial charge >= 0.3 is 0 Å². The number of anilines is 1. The number of aromatic nitrogens is 3. The molecule has 0 radical (unpaired) electrons. The van der Waals surface area contributed by atoms with Crippen LogP contribution in [0.4, 0.5) is 10.2 Å². The summed E-state index contributed by atoms with van der Waals surface area (Å²) in [5, 5.41) is 6.04. The number of imidazole rings is 1. The van der Waals surface area contributed by atoms with Crippen LogP contribution in [-0.2, 0) is 11.3 Å². The summed E-state index contributed by atoms with van der Waals surface area (Å²) in [7, 11) is 0. The number of benzene rings is 2. The van der Waals surface area contributed by atoms with Gasteiger partial charge in [0.25, 0.3) is 0 Å². The molecule has 2 aromatic carbocycles. The van der Waals surface area contributed by atoms with Crippen molar-refractivity contribution in [2.24, 2.45) is 0 Å². The maximum absolute atomic E-state index is 13.3. The van der Waals surface area contributed by atoms with Gasteiger partial charge in [0.05, 0.1) is 0 Å². The topological polar surface area (TPSA) is 51.3 Å². The molecule has 5 aromatic rings. The van der Waals surface area contributed by atoms with Gasteiger partial charge in [-0.05, 0) is 48.7 Å². The van der Waals surface area contributed by atoms with Crippen molar-refractivity contribution in [3.8, 4) is 11.3 Å². The molecule has 1 amide bonds. The molecule has 0 unspecified atom stereocenters. The van der Waals surface area contributed by atoms with Crippen LogP contribution < -0.4 is 5.32 Å². The SMILES string of the molecule is Cc1cc2ccccc2n1CC(=O)Nc1c(-c2ccc(F)cc2)nc2sccn12. The first-order valence-corrected chi connectivity index (χ1v) is 10.0. The zero-order valence-electron chi connectivity index (χ0n) is 15.6.